The lowest BCUT2D eigenvalue weighted by molar-refractivity contribution is 0.0994. The van der Waals surface area contributed by atoms with E-state index >= 15 is 0 Å². The Balaban J connectivity index is 2.28. The van der Waals surface area contributed by atoms with Crippen LogP contribution in [0.5, 0.6) is 0 Å². The van der Waals surface area contributed by atoms with Gasteiger partial charge in [-0.3, -0.25) is 4.79 Å². The molecule has 0 radical (unpaired) electrons. The molecule has 0 spiro atoms. The van der Waals surface area contributed by atoms with Gasteiger partial charge in [-0.05, 0) is 23.6 Å². The van der Waals surface area contributed by atoms with E-state index in [0.717, 1.165) is 4.88 Å². The third-order valence-electron chi connectivity index (χ3n) is 2.16. The molecule has 0 saturated heterocycles. The van der Waals surface area contributed by atoms with Crippen LogP contribution in [0.15, 0.2) is 35.7 Å². The van der Waals surface area contributed by atoms with Gasteiger partial charge < -0.3 is 0 Å². The largest absolute Gasteiger partial charge is 0.294 e. The van der Waals surface area contributed by atoms with Crippen molar-refractivity contribution in [3.63, 3.8) is 0 Å². The SMILES string of the molecule is O=C(Cc1cccs1)c1c(Cl)cccc1Cl. The Morgan fingerprint density at radius 2 is 1.81 bits per heavy atom. The molecule has 0 fully saturated rings. The number of benzene rings is 1. The van der Waals surface area contributed by atoms with Gasteiger partial charge in [0.05, 0.1) is 15.6 Å². The van der Waals surface area contributed by atoms with Gasteiger partial charge in [-0.1, -0.05) is 35.3 Å². The molecule has 1 aromatic carbocycles. The van der Waals surface area contributed by atoms with Gasteiger partial charge in [0, 0.05) is 11.3 Å². The molecular formula is C12H8Cl2OS. The first-order chi connectivity index (χ1) is 7.68. The van der Waals surface area contributed by atoms with Crippen molar-refractivity contribution in [2.24, 2.45) is 0 Å². The molecule has 82 valence electrons. The van der Waals surface area contributed by atoms with Crippen molar-refractivity contribution in [3.8, 4) is 0 Å². The Bertz CT molecular complexity index is 485. The molecule has 2 aromatic rings. The molecule has 0 amide bonds. The van der Waals surface area contributed by atoms with Crippen molar-refractivity contribution in [1.82, 2.24) is 0 Å². The van der Waals surface area contributed by atoms with Crippen LogP contribution in [0.2, 0.25) is 10.0 Å². The van der Waals surface area contributed by atoms with Crippen molar-refractivity contribution in [2.75, 3.05) is 0 Å². The number of halogens is 2. The van der Waals surface area contributed by atoms with E-state index in [0.29, 0.717) is 22.0 Å². The lowest BCUT2D eigenvalue weighted by atomic mass is 10.1. The summed E-state index contributed by atoms with van der Waals surface area (Å²) < 4.78 is 0. The maximum Gasteiger partial charge on any atom is 0.171 e. The Hall–Kier alpha value is -0.830. The number of ketones is 1. The molecule has 0 atom stereocenters. The Morgan fingerprint density at radius 3 is 2.38 bits per heavy atom. The van der Waals surface area contributed by atoms with Crippen molar-refractivity contribution in [2.45, 2.75) is 6.42 Å². The van der Waals surface area contributed by atoms with Crippen molar-refractivity contribution in [1.29, 1.82) is 0 Å². The molecule has 0 aliphatic carbocycles. The van der Waals surface area contributed by atoms with E-state index in [4.69, 9.17) is 23.2 Å². The third-order valence-corrected chi connectivity index (χ3v) is 3.66. The number of rotatable bonds is 3. The van der Waals surface area contributed by atoms with Gasteiger partial charge in [-0.25, -0.2) is 0 Å². The molecule has 0 aliphatic rings. The van der Waals surface area contributed by atoms with Crippen LogP contribution in [0.1, 0.15) is 15.2 Å². The highest BCUT2D eigenvalue weighted by atomic mass is 35.5. The van der Waals surface area contributed by atoms with E-state index in [1.807, 2.05) is 17.5 Å². The third kappa shape index (κ3) is 2.46. The second-order valence-electron chi connectivity index (χ2n) is 3.28. The summed E-state index contributed by atoms with van der Waals surface area (Å²) in [5.41, 5.74) is 0.416. The van der Waals surface area contributed by atoms with Crippen LogP contribution < -0.4 is 0 Å². The van der Waals surface area contributed by atoms with Gasteiger partial charge in [0.15, 0.2) is 5.78 Å². The minimum atomic E-state index is -0.0435. The predicted molar refractivity (Wildman–Crippen MR) is 68.8 cm³/mol. The number of Topliss-reactive ketones (excluding diaryl/α,β-unsaturated/α-hetero) is 1. The molecule has 16 heavy (non-hydrogen) atoms. The monoisotopic (exact) mass is 270 g/mol. The average molecular weight is 271 g/mol. The van der Waals surface area contributed by atoms with Gasteiger partial charge >= 0.3 is 0 Å². The summed E-state index contributed by atoms with van der Waals surface area (Å²) in [4.78, 5) is 13.0. The fourth-order valence-corrected chi connectivity index (χ4v) is 2.74. The minimum absolute atomic E-state index is 0.0435. The van der Waals surface area contributed by atoms with Crippen LogP contribution in [0, 0.1) is 0 Å². The first-order valence-corrected chi connectivity index (χ1v) is 6.31. The van der Waals surface area contributed by atoms with Crippen molar-refractivity contribution < 1.29 is 4.79 Å². The van der Waals surface area contributed by atoms with Crippen molar-refractivity contribution in [3.05, 3.63) is 56.2 Å². The molecule has 0 saturated carbocycles. The lowest BCUT2D eigenvalue weighted by Crippen LogP contribution is -2.04. The second-order valence-corrected chi connectivity index (χ2v) is 5.12. The Labute approximate surface area is 108 Å². The summed E-state index contributed by atoms with van der Waals surface area (Å²) in [5, 5.41) is 2.76. The summed E-state index contributed by atoms with van der Waals surface area (Å²) in [5.74, 6) is -0.0435. The van der Waals surface area contributed by atoms with Crippen molar-refractivity contribution >= 4 is 40.3 Å². The average Bonchev–Trinajstić information content (AvgIpc) is 2.70. The zero-order chi connectivity index (χ0) is 11.5. The minimum Gasteiger partial charge on any atom is -0.294 e. The summed E-state index contributed by atoms with van der Waals surface area (Å²) in [7, 11) is 0. The zero-order valence-corrected chi connectivity index (χ0v) is 10.6. The first-order valence-electron chi connectivity index (χ1n) is 4.68. The lowest BCUT2D eigenvalue weighted by Gasteiger charge is -2.04. The summed E-state index contributed by atoms with van der Waals surface area (Å²) in [6.45, 7) is 0. The van der Waals surface area contributed by atoms with Gasteiger partial charge in [0.2, 0.25) is 0 Å². The summed E-state index contributed by atoms with van der Waals surface area (Å²) in [6, 6.07) is 8.92. The normalized spacial score (nSPS) is 10.4. The first kappa shape index (κ1) is 11.6. The number of carbonyl (C=O) groups is 1. The summed E-state index contributed by atoms with van der Waals surface area (Å²) >= 11 is 13.5. The van der Waals surface area contributed by atoms with Crippen LogP contribution >= 0.6 is 34.5 Å². The number of thiophene rings is 1. The highest BCUT2D eigenvalue weighted by Crippen LogP contribution is 2.26. The highest BCUT2D eigenvalue weighted by Gasteiger charge is 2.15. The van der Waals surface area contributed by atoms with E-state index in [1.165, 1.54) is 0 Å². The number of carbonyl (C=O) groups excluding carboxylic acids is 1. The van der Waals surface area contributed by atoms with Gasteiger partial charge in [0.25, 0.3) is 0 Å². The van der Waals surface area contributed by atoms with E-state index in [9.17, 15) is 4.79 Å². The number of hydrogen-bond donors (Lipinski definition) is 0. The zero-order valence-electron chi connectivity index (χ0n) is 8.24. The molecular weight excluding hydrogens is 263 g/mol. The molecule has 0 aliphatic heterocycles. The number of hydrogen-bond acceptors (Lipinski definition) is 2. The fraction of sp³-hybridized carbons (Fsp3) is 0.0833. The quantitative estimate of drug-likeness (QED) is 0.752. The van der Waals surface area contributed by atoms with E-state index in [2.05, 4.69) is 0 Å². The molecule has 0 bridgehead atoms. The topological polar surface area (TPSA) is 17.1 Å². The molecule has 1 nitrogen and oxygen atoms in total. The van der Waals surface area contributed by atoms with Crippen LogP contribution in [0.4, 0.5) is 0 Å². The highest BCUT2D eigenvalue weighted by molar-refractivity contribution is 7.10. The molecule has 2 rings (SSSR count). The van der Waals surface area contributed by atoms with Gasteiger partial charge in [-0.2, -0.15) is 0 Å². The van der Waals surface area contributed by atoms with Crippen LogP contribution in [0.25, 0.3) is 0 Å². The molecule has 0 unspecified atom stereocenters. The van der Waals surface area contributed by atoms with Crippen LogP contribution in [-0.4, -0.2) is 5.78 Å². The fourth-order valence-electron chi connectivity index (χ4n) is 1.42. The molecule has 1 aromatic heterocycles. The molecule has 4 heteroatoms. The Kier molecular flexibility index (Phi) is 3.64. The maximum atomic E-state index is 12.0. The van der Waals surface area contributed by atoms with E-state index < -0.39 is 0 Å². The van der Waals surface area contributed by atoms with Crippen LogP contribution in [-0.2, 0) is 6.42 Å². The molecule has 0 N–H and O–H groups in total. The van der Waals surface area contributed by atoms with Gasteiger partial charge in [0.1, 0.15) is 0 Å². The second kappa shape index (κ2) is 5.00. The van der Waals surface area contributed by atoms with E-state index in [-0.39, 0.29) is 5.78 Å². The standard InChI is InChI=1S/C12H8Cl2OS/c13-9-4-1-5-10(14)12(9)11(15)7-8-3-2-6-16-8/h1-6H,7H2. The Morgan fingerprint density at radius 1 is 1.12 bits per heavy atom. The van der Waals surface area contributed by atoms with E-state index in [1.54, 1.807) is 29.5 Å². The van der Waals surface area contributed by atoms with Gasteiger partial charge in [-0.15, -0.1) is 11.3 Å². The smallest absolute Gasteiger partial charge is 0.171 e. The maximum absolute atomic E-state index is 12.0. The predicted octanol–water partition coefficient (Wildman–Crippen LogP) is 4.48. The molecule has 1 heterocycles. The summed E-state index contributed by atoms with van der Waals surface area (Å²) in [6.07, 6.45) is 0.348. The van der Waals surface area contributed by atoms with Crippen LogP contribution in [0.3, 0.4) is 0 Å².